The third-order valence-electron chi connectivity index (χ3n) is 6.52. The fourth-order valence-corrected chi connectivity index (χ4v) is 6.11. The number of nitrogens with zero attached hydrogens (tertiary/aromatic N) is 3. The number of benzene rings is 3. The van der Waals surface area contributed by atoms with E-state index in [9.17, 15) is 13.2 Å². The first kappa shape index (κ1) is 24.9. The molecule has 184 valence electrons. The number of anilines is 1. The van der Waals surface area contributed by atoms with Crippen LogP contribution in [0.25, 0.3) is 0 Å². The first-order valence-electron chi connectivity index (χ1n) is 12.0. The van der Waals surface area contributed by atoms with E-state index in [0.29, 0.717) is 25.1 Å². The zero-order valence-electron chi connectivity index (χ0n) is 20.4. The highest BCUT2D eigenvalue weighted by Gasteiger charge is 2.30. The summed E-state index contributed by atoms with van der Waals surface area (Å²) in [5, 5.41) is 0. The van der Waals surface area contributed by atoms with Gasteiger partial charge >= 0.3 is 0 Å². The molecule has 1 saturated heterocycles. The average Bonchev–Trinajstić information content (AvgIpc) is 2.89. The lowest BCUT2D eigenvalue weighted by molar-refractivity contribution is -0.131. The van der Waals surface area contributed by atoms with Gasteiger partial charge in [-0.1, -0.05) is 60.7 Å². The fourth-order valence-electron chi connectivity index (χ4n) is 4.41. The smallest absolute Gasteiger partial charge is 0.243 e. The predicted molar refractivity (Wildman–Crippen MR) is 140 cm³/mol. The lowest BCUT2D eigenvalue weighted by atomic mass is 10.1. The van der Waals surface area contributed by atoms with Crippen LogP contribution >= 0.6 is 0 Å². The zero-order chi connectivity index (χ0) is 24.8. The molecule has 7 heteroatoms. The third kappa shape index (κ3) is 6.10. The summed E-state index contributed by atoms with van der Waals surface area (Å²) in [6.45, 7) is 6.36. The van der Waals surface area contributed by atoms with E-state index in [-0.39, 0.29) is 23.9 Å². The van der Waals surface area contributed by atoms with Gasteiger partial charge in [-0.05, 0) is 55.2 Å². The van der Waals surface area contributed by atoms with Gasteiger partial charge in [0.1, 0.15) is 0 Å². The molecule has 35 heavy (non-hydrogen) atoms. The minimum atomic E-state index is -3.84. The molecule has 4 rings (SSSR count). The van der Waals surface area contributed by atoms with Crippen molar-refractivity contribution in [2.24, 2.45) is 0 Å². The molecule has 0 N–H and O–H groups in total. The minimum Gasteiger partial charge on any atom is -0.368 e. The Morgan fingerprint density at radius 1 is 0.857 bits per heavy atom. The number of aryl methyl sites for hydroxylation is 2. The molecule has 3 aromatic rings. The van der Waals surface area contributed by atoms with Crippen LogP contribution in [0.2, 0.25) is 0 Å². The van der Waals surface area contributed by atoms with Gasteiger partial charge in [0.25, 0.3) is 0 Å². The maximum atomic E-state index is 13.7. The number of rotatable bonds is 8. The molecule has 0 unspecified atom stereocenters. The van der Waals surface area contributed by atoms with E-state index >= 15 is 0 Å². The summed E-state index contributed by atoms with van der Waals surface area (Å²) < 4.78 is 28.8. The number of hydrogen-bond acceptors (Lipinski definition) is 4. The van der Waals surface area contributed by atoms with Crippen LogP contribution in [0.5, 0.6) is 0 Å². The number of carbonyl (C=O) groups excluding carboxylic acids is 1. The molecule has 0 saturated carbocycles. The number of sulfonamides is 1. The molecule has 0 bridgehead atoms. The summed E-state index contributed by atoms with van der Waals surface area (Å²) in [7, 11) is -3.84. The minimum absolute atomic E-state index is 0.153. The van der Waals surface area contributed by atoms with Crippen molar-refractivity contribution in [1.82, 2.24) is 9.21 Å². The summed E-state index contributed by atoms with van der Waals surface area (Å²) in [5.41, 5.74) is 3.74. The Balaban J connectivity index is 1.50. The molecule has 0 radical (unpaired) electrons. The Labute approximate surface area is 208 Å². The van der Waals surface area contributed by atoms with E-state index in [1.54, 1.807) is 17.9 Å². The second-order valence-corrected chi connectivity index (χ2v) is 11.0. The summed E-state index contributed by atoms with van der Waals surface area (Å²) in [6, 6.07) is 25.3. The number of piperazine rings is 1. The van der Waals surface area contributed by atoms with E-state index in [1.807, 2.05) is 67.6 Å². The summed E-state index contributed by atoms with van der Waals surface area (Å²) in [6.07, 6.45) is 0.542. The molecule has 0 aromatic heterocycles. The summed E-state index contributed by atoms with van der Waals surface area (Å²) in [4.78, 5) is 17.6. The van der Waals surface area contributed by atoms with Gasteiger partial charge in [-0.2, -0.15) is 4.31 Å². The van der Waals surface area contributed by atoms with Crippen LogP contribution in [0.3, 0.4) is 0 Å². The van der Waals surface area contributed by atoms with Gasteiger partial charge in [0.15, 0.2) is 0 Å². The molecule has 1 heterocycles. The highest BCUT2D eigenvalue weighted by Crippen LogP contribution is 2.22. The van der Waals surface area contributed by atoms with Crippen LogP contribution in [0, 0.1) is 13.8 Å². The molecule has 0 atom stereocenters. The van der Waals surface area contributed by atoms with Gasteiger partial charge in [-0.25, -0.2) is 8.42 Å². The second-order valence-electron chi connectivity index (χ2n) is 9.05. The molecule has 0 spiro atoms. The monoisotopic (exact) mass is 491 g/mol. The van der Waals surface area contributed by atoms with Crippen molar-refractivity contribution < 1.29 is 13.2 Å². The van der Waals surface area contributed by atoms with Gasteiger partial charge in [0.05, 0.1) is 11.4 Å². The molecule has 1 amide bonds. The Bertz CT molecular complexity index is 1240. The number of hydrogen-bond donors (Lipinski definition) is 0. The van der Waals surface area contributed by atoms with Gasteiger partial charge in [-0.15, -0.1) is 0 Å². The molecule has 1 aliphatic rings. The highest BCUT2D eigenvalue weighted by atomic mass is 32.2. The van der Waals surface area contributed by atoms with E-state index in [1.165, 1.54) is 4.31 Å². The highest BCUT2D eigenvalue weighted by molar-refractivity contribution is 7.89. The second kappa shape index (κ2) is 11.1. The van der Waals surface area contributed by atoms with E-state index in [2.05, 4.69) is 17.0 Å². The van der Waals surface area contributed by atoms with Gasteiger partial charge < -0.3 is 9.80 Å². The Hall–Kier alpha value is -3.16. The van der Waals surface area contributed by atoms with Crippen molar-refractivity contribution in [3.05, 3.63) is 95.6 Å². The molecule has 1 fully saturated rings. The van der Waals surface area contributed by atoms with E-state index in [4.69, 9.17) is 0 Å². The quantitative estimate of drug-likeness (QED) is 0.480. The van der Waals surface area contributed by atoms with Crippen molar-refractivity contribution in [2.75, 3.05) is 44.2 Å². The van der Waals surface area contributed by atoms with Crippen molar-refractivity contribution >= 4 is 21.6 Å². The van der Waals surface area contributed by atoms with Crippen LogP contribution in [0.4, 0.5) is 5.69 Å². The SMILES string of the molecule is Cc1ccc(C)c(S(=O)(=O)N(CCc2ccccc2)CC(=O)N2CCN(c3ccccc3)CC2)c1. The standard InChI is InChI=1S/C28H33N3O3S/c1-23-13-14-24(2)27(21-23)35(33,34)31(16-15-25-9-5-3-6-10-25)22-28(32)30-19-17-29(18-20-30)26-11-7-4-8-12-26/h3-14,21H,15-20,22H2,1-2H3. The molecular formula is C28H33N3O3S. The van der Waals surface area contributed by atoms with E-state index < -0.39 is 10.0 Å². The lowest BCUT2D eigenvalue weighted by Crippen LogP contribution is -2.52. The van der Waals surface area contributed by atoms with Crippen LogP contribution in [0.1, 0.15) is 16.7 Å². The van der Waals surface area contributed by atoms with Crippen LogP contribution < -0.4 is 4.90 Å². The van der Waals surface area contributed by atoms with Crippen LogP contribution in [-0.4, -0.2) is 62.8 Å². The summed E-state index contributed by atoms with van der Waals surface area (Å²) >= 11 is 0. The van der Waals surface area contributed by atoms with Crippen molar-refractivity contribution in [3.63, 3.8) is 0 Å². The van der Waals surface area contributed by atoms with Gasteiger partial charge in [0.2, 0.25) is 15.9 Å². The molecule has 0 aliphatic carbocycles. The van der Waals surface area contributed by atoms with Crippen LogP contribution in [-0.2, 0) is 21.2 Å². The topological polar surface area (TPSA) is 60.9 Å². The molecular weight excluding hydrogens is 458 g/mol. The average molecular weight is 492 g/mol. The van der Waals surface area contributed by atoms with Crippen molar-refractivity contribution in [2.45, 2.75) is 25.2 Å². The number of para-hydroxylation sites is 1. The first-order valence-corrected chi connectivity index (χ1v) is 13.5. The lowest BCUT2D eigenvalue weighted by Gasteiger charge is -2.37. The van der Waals surface area contributed by atoms with Gasteiger partial charge in [0, 0.05) is 38.4 Å². The molecule has 3 aromatic carbocycles. The molecule has 6 nitrogen and oxygen atoms in total. The van der Waals surface area contributed by atoms with Crippen LogP contribution in [0.15, 0.2) is 83.8 Å². The number of carbonyl (C=O) groups is 1. The normalized spacial score (nSPS) is 14.4. The van der Waals surface area contributed by atoms with E-state index in [0.717, 1.165) is 29.9 Å². The Morgan fingerprint density at radius 2 is 1.49 bits per heavy atom. The molecule has 1 aliphatic heterocycles. The maximum Gasteiger partial charge on any atom is 0.243 e. The number of amides is 1. The zero-order valence-corrected chi connectivity index (χ0v) is 21.2. The summed E-state index contributed by atoms with van der Waals surface area (Å²) in [5.74, 6) is -0.153. The first-order chi connectivity index (χ1) is 16.8. The van der Waals surface area contributed by atoms with Gasteiger partial charge in [-0.3, -0.25) is 4.79 Å². The predicted octanol–water partition coefficient (Wildman–Crippen LogP) is 3.89. The fraction of sp³-hybridized carbons (Fsp3) is 0.321. The van der Waals surface area contributed by atoms with Crippen molar-refractivity contribution in [1.29, 1.82) is 0 Å². The Kier molecular flexibility index (Phi) is 7.88. The van der Waals surface area contributed by atoms with Crippen molar-refractivity contribution in [3.8, 4) is 0 Å². The largest absolute Gasteiger partial charge is 0.368 e. The Morgan fingerprint density at radius 3 is 2.14 bits per heavy atom. The maximum absolute atomic E-state index is 13.7. The third-order valence-corrected chi connectivity index (χ3v) is 8.51.